The van der Waals surface area contributed by atoms with Crippen molar-refractivity contribution in [3.8, 4) is 6.08 Å². The lowest BCUT2D eigenvalue weighted by Gasteiger charge is -2.16. The molecule has 0 aliphatic carbocycles. The predicted molar refractivity (Wildman–Crippen MR) is 74.5 cm³/mol. The van der Waals surface area contributed by atoms with Gasteiger partial charge in [-0.3, -0.25) is 4.79 Å². The van der Waals surface area contributed by atoms with E-state index in [9.17, 15) is 4.79 Å². The molecule has 0 unspecified atom stereocenters. The minimum absolute atomic E-state index is 0.106. The van der Waals surface area contributed by atoms with Crippen LogP contribution in [0.4, 0.5) is 5.69 Å². The molecule has 0 saturated heterocycles. The minimum atomic E-state index is -0.230. The summed E-state index contributed by atoms with van der Waals surface area (Å²) in [5.74, 6) is -0.230. The van der Waals surface area contributed by atoms with Crippen LogP contribution in [0.3, 0.4) is 0 Å². The number of hydrogen-bond donors (Lipinski definition) is 0. The maximum atomic E-state index is 12.5. The van der Waals surface area contributed by atoms with Crippen LogP contribution in [0.15, 0.2) is 28.9 Å². The number of amides is 1. The second-order valence-corrected chi connectivity index (χ2v) is 4.79. The van der Waals surface area contributed by atoms with Gasteiger partial charge in [-0.1, -0.05) is 23.7 Å². The van der Waals surface area contributed by atoms with Crippen LogP contribution in [0.5, 0.6) is 6.08 Å². The van der Waals surface area contributed by atoms with Gasteiger partial charge in [0.25, 0.3) is 5.91 Å². The number of benzene rings is 1. The van der Waals surface area contributed by atoms with Crippen LogP contribution >= 0.6 is 11.6 Å². The lowest BCUT2D eigenvalue weighted by molar-refractivity contribution is 0.0984. The molecule has 0 atom stereocenters. The molecule has 0 radical (unpaired) electrons. The molecule has 1 aliphatic heterocycles. The molecule has 0 bridgehead atoms. The van der Waals surface area contributed by atoms with Gasteiger partial charge in [-0.05, 0) is 25.0 Å². The molecule has 0 fully saturated rings. The van der Waals surface area contributed by atoms with Crippen molar-refractivity contribution in [2.24, 2.45) is 0 Å². The summed E-state index contributed by atoms with van der Waals surface area (Å²) in [5.41, 5.74) is 2.06. The number of carbonyl (C=O) groups excluding carboxylic acids is 1. The largest absolute Gasteiger partial charge is 0.450 e. The number of para-hydroxylation sites is 1. The highest BCUT2D eigenvalue weighted by Crippen LogP contribution is 2.35. The number of halogens is 1. The Morgan fingerprint density at radius 3 is 3.20 bits per heavy atom. The molecule has 2 heterocycles. The van der Waals surface area contributed by atoms with Crippen molar-refractivity contribution < 1.29 is 13.9 Å². The zero-order valence-corrected chi connectivity index (χ0v) is 11.7. The SMILES string of the molecule is CCOc1nc(C(=O)N2CCc3cccc(Cl)c32)co1. The molecule has 0 saturated carbocycles. The topological polar surface area (TPSA) is 55.6 Å². The van der Waals surface area contributed by atoms with Crippen molar-refractivity contribution >= 4 is 23.2 Å². The highest BCUT2D eigenvalue weighted by molar-refractivity contribution is 6.34. The molecule has 1 aliphatic rings. The second kappa shape index (κ2) is 5.17. The number of anilines is 1. The number of hydrogen-bond acceptors (Lipinski definition) is 4. The summed E-state index contributed by atoms with van der Waals surface area (Å²) in [5, 5.41) is 0.571. The van der Waals surface area contributed by atoms with Crippen LogP contribution in [0.25, 0.3) is 0 Å². The summed E-state index contributed by atoms with van der Waals surface area (Å²) in [7, 11) is 0. The minimum Gasteiger partial charge on any atom is -0.450 e. The lowest BCUT2D eigenvalue weighted by atomic mass is 10.2. The molecule has 0 N–H and O–H groups in total. The van der Waals surface area contributed by atoms with Crippen LogP contribution in [0.1, 0.15) is 23.0 Å². The average molecular weight is 293 g/mol. The fraction of sp³-hybridized carbons (Fsp3) is 0.286. The van der Waals surface area contributed by atoms with E-state index in [0.29, 0.717) is 18.2 Å². The molecular weight excluding hydrogens is 280 g/mol. The Bertz CT molecular complexity index is 654. The summed E-state index contributed by atoms with van der Waals surface area (Å²) in [4.78, 5) is 18.1. The Morgan fingerprint density at radius 1 is 1.55 bits per heavy atom. The Morgan fingerprint density at radius 2 is 2.40 bits per heavy atom. The van der Waals surface area contributed by atoms with Gasteiger partial charge in [0.1, 0.15) is 6.26 Å². The molecule has 20 heavy (non-hydrogen) atoms. The normalized spacial score (nSPS) is 13.4. The highest BCUT2D eigenvalue weighted by Gasteiger charge is 2.29. The van der Waals surface area contributed by atoms with Gasteiger partial charge in [-0.25, -0.2) is 0 Å². The van der Waals surface area contributed by atoms with Gasteiger partial charge < -0.3 is 14.1 Å². The molecule has 6 heteroatoms. The molecule has 5 nitrogen and oxygen atoms in total. The van der Waals surface area contributed by atoms with Gasteiger partial charge in [-0.2, -0.15) is 4.98 Å². The number of oxazole rings is 1. The van der Waals surface area contributed by atoms with Gasteiger partial charge in [-0.15, -0.1) is 0 Å². The zero-order chi connectivity index (χ0) is 14.1. The van der Waals surface area contributed by atoms with Crippen molar-refractivity contribution in [3.05, 3.63) is 40.7 Å². The van der Waals surface area contributed by atoms with Gasteiger partial charge in [0, 0.05) is 6.54 Å². The van der Waals surface area contributed by atoms with Gasteiger partial charge in [0.2, 0.25) is 0 Å². The third-order valence-electron chi connectivity index (χ3n) is 3.16. The molecule has 0 spiro atoms. The fourth-order valence-corrected chi connectivity index (χ4v) is 2.59. The zero-order valence-electron chi connectivity index (χ0n) is 10.9. The molecular formula is C14H13ClN2O3. The maximum Gasteiger partial charge on any atom is 0.394 e. The fourth-order valence-electron chi connectivity index (χ4n) is 2.29. The lowest BCUT2D eigenvalue weighted by Crippen LogP contribution is -2.29. The van der Waals surface area contributed by atoms with E-state index in [1.807, 2.05) is 19.1 Å². The Kier molecular flexibility index (Phi) is 3.36. The van der Waals surface area contributed by atoms with Crippen molar-refractivity contribution in [1.82, 2.24) is 4.98 Å². The molecule has 104 valence electrons. The van der Waals surface area contributed by atoms with Gasteiger partial charge >= 0.3 is 6.08 Å². The van der Waals surface area contributed by atoms with Crippen LogP contribution < -0.4 is 9.64 Å². The monoisotopic (exact) mass is 292 g/mol. The van der Waals surface area contributed by atoms with Crippen LogP contribution in [-0.2, 0) is 6.42 Å². The first-order valence-corrected chi connectivity index (χ1v) is 6.76. The summed E-state index contributed by atoms with van der Waals surface area (Å²) in [6.45, 7) is 2.85. The number of fused-ring (bicyclic) bond motifs is 1. The van der Waals surface area contributed by atoms with Crippen molar-refractivity contribution in [2.75, 3.05) is 18.1 Å². The molecule has 1 amide bonds. The van der Waals surface area contributed by atoms with E-state index in [-0.39, 0.29) is 17.7 Å². The Hall–Kier alpha value is -2.01. The van der Waals surface area contributed by atoms with Crippen molar-refractivity contribution in [3.63, 3.8) is 0 Å². The van der Waals surface area contributed by atoms with E-state index in [0.717, 1.165) is 17.7 Å². The van der Waals surface area contributed by atoms with Crippen LogP contribution in [0, 0.1) is 0 Å². The first-order chi connectivity index (χ1) is 9.70. The van der Waals surface area contributed by atoms with E-state index in [4.69, 9.17) is 20.8 Å². The third-order valence-corrected chi connectivity index (χ3v) is 3.47. The number of rotatable bonds is 3. The average Bonchev–Trinajstić information content (AvgIpc) is 3.06. The number of nitrogens with zero attached hydrogens (tertiary/aromatic N) is 2. The molecule has 2 aromatic rings. The van der Waals surface area contributed by atoms with E-state index >= 15 is 0 Å². The molecule has 1 aromatic carbocycles. The van der Waals surface area contributed by atoms with Gasteiger partial charge in [0.15, 0.2) is 5.69 Å². The number of aromatic nitrogens is 1. The van der Waals surface area contributed by atoms with Crippen molar-refractivity contribution in [1.29, 1.82) is 0 Å². The molecule has 3 rings (SSSR count). The number of carbonyl (C=O) groups is 1. The summed E-state index contributed by atoms with van der Waals surface area (Å²) in [6, 6.07) is 5.64. The van der Waals surface area contributed by atoms with E-state index in [1.165, 1.54) is 6.26 Å². The summed E-state index contributed by atoms with van der Waals surface area (Å²) >= 11 is 6.19. The standard InChI is InChI=1S/C14H13ClN2O3/c1-2-19-14-16-11(8-20-14)13(18)17-7-6-9-4-3-5-10(15)12(9)17/h3-5,8H,2,6-7H2,1H3. The van der Waals surface area contributed by atoms with Gasteiger partial charge in [0.05, 0.1) is 17.3 Å². The quantitative estimate of drug-likeness (QED) is 0.873. The first-order valence-electron chi connectivity index (χ1n) is 6.38. The summed E-state index contributed by atoms with van der Waals surface area (Å²) < 4.78 is 10.2. The van der Waals surface area contributed by atoms with E-state index < -0.39 is 0 Å². The third kappa shape index (κ3) is 2.14. The van der Waals surface area contributed by atoms with E-state index in [1.54, 1.807) is 11.0 Å². The van der Waals surface area contributed by atoms with Crippen LogP contribution in [-0.4, -0.2) is 24.0 Å². The number of ether oxygens (including phenoxy) is 1. The maximum absolute atomic E-state index is 12.5. The van der Waals surface area contributed by atoms with E-state index in [2.05, 4.69) is 4.98 Å². The predicted octanol–water partition coefficient (Wildman–Crippen LogP) is 2.93. The second-order valence-electron chi connectivity index (χ2n) is 4.39. The first kappa shape index (κ1) is 13.0. The van der Waals surface area contributed by atoms with Crippen LogP contribution in [0.2, 0.25) is 5.02 Å². The van der Waals surface area contributed by atoms with Crippen molar-refractivity contribution in [2.45, 2.75) is 13.3 Å². The Balaban J connectivity index is 1.89. The molecule has 1 aromatic heterocycles. The summed E-state index contributed by atoms with van der Waals surface area (Å²) in [6.07, 6.45) is 2.20. The highest BCUT2D eigenvalue weighted by atomic mass is 35.5. The smallest absolute Gasteiger partial charge is 0.394 e. The Labute approximate surface area is 121 Å².